The monoisotopic (exact) mass is 321 g/mol. The van der Waals surface area contributed by atoms with Crippen LogP contribution < -0.4 is 5.73 Å². The first-order valence-corrected chi connectivity index (χ1v) is 6.83. The van der Waals surface area contributed by atoms with Crippen molar-refractivity contribution >= 4 is 24.1 Å². The van der Waals surface area contributed by atoms with Gasteiger partial charge in [0.25, 0.3) is 5.91 Å². The number of carbonyl (C=O) groups excluding carboxylic acids is 2. The van der Waals surface area contributed by atoms with Crippen molar-refractivity contribution in [1.82, 2.24) is 4.90 Å². The van der Waals surface area contributed by atoms with E-state index in [1.54, 1.807) is 0 Å². The number of aldehydes is 1. The Kier molecular flexibility index (Phi) is 4.87. The van der Waals surface area contributed by atoms with Gasteiger partial charge in [-0.05, 0) is 30.7 Å². The van der Waals surface area contributed by atoms with E-state index in [-0.39, 0.29) is 18.1 Å². The second-order valence-electron chi connectivity index (χ2n) is 5.06. The molecule has 2 rings (SSSR count). The molecule has 0 fully saturated rings. The van der Waals surface area contributed by atoms with E-state index in [0.29, 0.717) is 11.8 Å². The number of aliphatic hydroxyl groups is 1. The smallest absolute Gasteiger partial charge is 0.278 e. The Bertz CT molecular complexity index is 700. The first-order chi connectivity index (χ1) is 10.8. The highest BCUT2D eigenvalue weighted by atomic mass is 19.1. The summed E-state index contributed by atoms with van der Waals surface area (Å²) < 4.78 is 13.3. The Balaban J connectivity index is 2.41. The zero-order chi connectivity index (χ0) is 17.1. The number of phenols is 1. The number of amidine groups is 1. The number of hydrogen-bond acceptors (Lipinski definition) is 6. The van der Waals surface area contributed by atoms with Gasteiger partial charge in [0.1, 0.15) is 17.8 Å². The minimum absolute atomic E-state index is 0.0389. The van der Waals surface area contributed by atoms with Gasteiger partial charge in [-0.15, -0.1) is 0 Å². The van der Waals surface area contributed by atoms with Crippen molar-refractivity contribution in [2.24, 2.45) is 10.7 Å². The lowest BCUT2D eigenvalue weighted by Crippen LogP contribution is -2.49. The number of nitrogens with two attached hydrogens (primary N) is 1. The Labute approximate surface area is 131 Å². The van der Waals surface area contributed by atoms with Crippen LogP contribution in [0.2, 0.25) is 0 Å². The van der Waals surface area contributed by atoms with Crippen LogP contribution in [0.3, 0.4) is 0 Å². The largest absolute Gasteiger partial charge is 0.505 e. The molecule has 0 radical (unpaired) electrons. The van der Waals surface area contributed by atoms with Gasteiger partial charge in [-0.1, -0.05) is 6.07 Å². The van der Waals surface area contributed by atoms with Crippen molar-refractivity contribution in [3.05, 3.63) is 35.3 Å². The second-order valence-corrected chi connectivity index (χ2v) is 5.06. The summed E-state index contributed by atoms with van der Waals surface area (Å²) in [5.41, 5.74) is 6.06. The quantitative estimate of drug-likeness (QED) is 0.522. The van der Waals surface area contributed by atoms with E-state index < -0.39 is 29.6 Å². The van der Waals surface area contributed by atoms with Crippen molar-refractivity contribution in [2.45, 2.75) is 19.1 Å². The lowest BCUT2D eigenvalue weighted by Gasteiger charge is -2.21. The highest BCUT2D eigenvalue weighted by Crippen LogP contribution is 2.22. The molecule has 0 spiro atoms. The predicted octanol–water partition coefficient (Wildman–Crippen LogP) is 0.0199. The number of halogens is 1. The van der Waals surface area contributed by atoms with E-state index in [2.05, 4.69) is 4.99 Å². The van der Waals surface area contributed by atoms with E-state index in [9.17, 15) is 19.1 Å². The van der Waals surface area contributed by atoms with Crippen LogP contribution in [0.1, 0.15) is 12.5 Å². The molecule has 122 valence electrons. The molecule has 1 amide bonds. The summed E-state index contributed by atoms with van der Waals surface area (Å²) in [4.78, 5) is 28.2. The van der Waals surface area contributed by atoms with E-state index in [4.69, 9.17) is 10.8 Å². The number of carbonyl (C=O) groups is 2. The van der Waals surface area contributed by atoms with E-state index in [0.717, 1.165) is 17.0 Å². The number of amides is 1. The molecule has 1 aliphatic heterocycles. The molecule has 1 aromatic carbocycles. The van der Waals surface area contributed by atoms with Crippen molar-refractivity contribution in [3.8, 4) is 5.75 Å². The summed E-state index contributed by atoms with van der Waals surface area (Å²) in [7, 11) is 0. The average Bonchev–Trinajstić information content (AvgIpc) is 2.80. The van der Waals surface area contributed by atoms with Gasteiger partial charge in [0, 0.05) is 0 Å². The lowest BCUT2D eigenvalue weighted by molar-refractivity contribution is -0.124. The topological polar surface area (TPSA) is 116 Å². The van der Waals surface area contributed by atoms with Gasteiger partial charge in [-0.25, -0.2) is 9.38 Å². The summed E-state index contributed by atoms with van der Waals surface area (Å²) >= 11 is 0. The third kappa shape index (κ3) is 3.43. The fraction of sp³-hybridized carbons (Fsp3) is 0.267. The standard InChI is InChI=1S/C15H16FN3O4/c1-8(21)13(17)14-18-11(15(23)19(14)4-5-20)7-9-2-3-12(22)10(16)6-9/h2-3,5-8,13,21-22H,4,17H2,1H3/b11-7+/t8-,13+/m1/s1. The minimum atomic E-state index is -0.971. The highest BCUT2D eigenvalue weighted by Gasteiger charge is 2.34. The Hall–Kier alpha value is -2.58. The summed E-state index contributed by atoms with van der Waals surface area (Å²) in [6.45, 7) is 1.19. The SMILES string of the molecule is C[C@@H](O)[C@H](N)C1=N/C(=C/c2ccc(O)c(F)c2)C(=O)N1CC=O. The first kappa shape index (κ1) is 16.8. The number of benzene rings is 1. The minimum Gasteiger partial charge on any atom is -0.505 e. The van der Waals surface area contributed by atoms with Crippen LogP contribution in [0.25, 0.3) is 6.08 Å². The van der Waals surface area contributed by atoms with Gasteiger partial charge < -0.3 is 20.7 Å². The molecule has 8 heteroatoms. The molecular formula is C15H16FN3O4. The zero-order valence-corrected chi connectivity index (χ0v) is 12.3. The molecule has 0 bridgehead atoms. The van der Waals surface area contributed by atoms with Gasteiger partial charge in [-0.3, -0.25) is 9.69 Å². The molecule has 4 N–H and O–H groups in total. The molecule has 0 saturated carbocycles. The van der Waals surface area contributed by atoms with Crippen molar-refractivity contribution in [3.63, 3.8) is 0 Å². The third-order valence-corrected chi connectivity index (χ3v) is 3.33. The van der Waals surface area contributed by atoms with Crippen LogP contribution >= 0.6 is 0 Å². The summed E-state index contributed by atoms with van der Waals surface area (Å²) in [6, 6.07) is 2.66. The van der Waals surface area contributed by atoms with Crippen LogP contribution in [0.4, 0.5) is 4.39 Å². The van der Waals surface area contributed by atoms with Crippen LogP contribution in [0.15, 0.2) is 28.9 Å². The number of aliphatic hydroxyl groups excluding tert-OH is 1. The van der Waals surface area contributed by atoms with Gasteiger partial charge in [-0.2, -0.15) is 0 Å². The van der Waals surface area contributed by atoms with Crippen molar-refractivity contribution < 1.29 is 24.2 Å². The number of aliphatic imine (C=N–C) groups is 1. The van der Waals surface area contributed by atoms with Crippen LogP contribution in [-0.2, 0) is 9.59 Å². The van der Waals surface area contributed by atoms with Gasteiger partial charge in [0.2, 0.25) is 0 Å². The first-order valence-electron chi connectivity index (χ1n) is 6.83. The van der Waals surface area contributed by atoms with E-state index in [1.807, 2.05) is 0 Å². The van der Waals surface area contributed by atoms with E-state index in [1.165, 1.54) is 19.1 Å². The third-order valence-electron chi connectivity index (χ3n) is 3.33. The van der Waals surface area contributed by atoms with Crippen LogP contribution in [-0.4, -0.2) is 51.8 Å². The molecule has 0 unspecified atom stereocenters. The summed E-state index contributed by atoms with van der Waals surface area (Å²) in [5.74, 6) is -1.84. The fourth-order valence-corrected chi connectivity index (χ4v) is 2.06. The zero-order valence-electron chi connectivity index (χ0n) is 12.3. The van der Waals surface area contributed by atoms with Gasteiger partial charge in [0.05, 0.1) is 18.7 Å². The lowest BCUT2D eigenvalue weighted by atomic mass is 10.1. The number of phenolic OH excluding ortho intramolecular Hbond substituents is 1. The molecule has 0 saturated heterocycles. The van der Waals surface area contributed by atoms with Crippen LogP contribution in [0, 0.1) is 5.82 Å². The maximum atomic E-state index is 13.3. The second kappa shape index (κ2) is 6.67. The molecule has 2 atom stereocenters. The van der Waals surface area contributed by atoms with Crippen molar-refractivity contribution in [2.75, 3.05) is 6.54 Å². The summed E-state index contributed by atoms with van der Waals surface area (Å²) in [6.07, 6.45) is 0.858. The number of nitrogens with zero attached hydrogens (tertiary/aromatic N) is 2. The van der Waals surface area contributed by atoms with Crippen LogP contribution in [0.5, 0.6) is 5.75 Å². The number of rotatable bonds is 5. The Morgan fingerprint density at radius 1 is 1.48 bits per heavy atom. The normalized spacial score (nSPS) is 19.0. The Morgan fingerprint density at radius 3 is 2.74 bits per heavy atom. The average molecular weight is 321 g/mol. The molecule has 23 heavy (non-hydrogen) atoms. The number of aromatic hydroxyl groups is 1. The molecule has 7 nitrogen and oxygen atoms in total. The highest BCUT2D eigenvalue weighted by molar-refractivity contribution is 6.16. The Morgan fingerprint density at radius 2 is 2.17 bits per heavy atom. The molecular weight excluding hydrogens is 305 g/mol. The molecule has 0 aliphatic carbocycles. The number of hydrogen-bond donors (Lipinski definition) is 3. The molecule has 1 aromatic rings. The molecule has 0 aromatic heterocycles. The van der Waals surface area contributed by atoms with Gasteiger partial charge >= 0.3 is 0 Å². The predicted molar refractivity (Wildman–Crippen MR) is 80.9 cm³/mol. The summed E-state index contributed by atoms with van der Waals surface area (Å²) in [5, 5.41) is 18.7. The maximum absolute atomic E-state index is 13.3. The van der Waals surface area contributed by atoms with Crippen molar-refractivity contribution in [1.29, 1.82) is 0 Å². The molecule has 1 heterocycles. The van der Waals surface area contributed by atoms with E-state index >= 15 is 0 Å². The fourth-order valence-electron chi connectivity index (χ4n) is 2.06. The maximum Gasteiger partial charge on any atom is 0.278 e. The molecule has 1 aliphatic rings. The van der Waals surface area contributed by atoms with Gasteiger partial charge in [0.15, 0.2) is 11.6 Å².